The Morgan fingerprint density at radius 3 is 2.42 bits per heavy atom. The van der Waals surface area contributed by atoms with E-state index in [1.54, 1.807) is 25.3 Å². The lowest BCUT2D eigenvalue weighted by Crippen LogP contribution is -2.15. The smallest absolute Gasteiger partial charge is 0.252 e. The standard InChI is InChI=1S/C22H22F2N4O3/c1-30-6-7-31-18-4-2-17(3-5-18)28-21-11-20(19(13-27-21)22(25)29)26-12-14-8-15(23)10-16(24)9-14/h2-5,8-11,13H,6-7,12H2,1H3,(H2,25,29)(H2,26,27,28). The van der Waals surface area contributed by atoms with Gasteiger partial charge in [0, 0.05) is 37.7 Å². The van der Waals surface area contributed by atoms with Crippen molar-refractivity contribution in [2.24, 2.45) is 5.73 Å². The number of anilines is 3. The molecule has 3 rings (SSSR count). The van der Waals surface area contributed by atoms with Crippen LogP contribution in [0.1, 0.15) is 15.9 Å². The molecule has 1 heterocycles. The van der Waals surface area contributed by atoms with Crippen molar-refractivity contribution in [1.29, 1.82) is 0 Å². The summed E-state index contributed by atoms with van der Waals surface area (Å²) in [5.74, 6) is -0.892. The average Bonchev–Trinajstić information content (AvgIpc) is 2.73. The molecular formula is C22H22F2N4O3. The number of pyridine rings is 1. The van der Waals surface area contributed by atoms with Gasteiger partial charge in [-0.3, -0.25) is 4.79 Å². The van der Waals surface area contributed by atoms with Gasteiger partial charge in [-0.2, -0.15) is 0 Å². The Balaban J connectivity index is 1.72. The van der Waals surface area contributed by atoms with Crippen molar-refractivity contribution in [2.45, 2.75) is 6.54 Å². The molecular weight excluding hydrogens is 406 g/mol. The molecule has 0 aliphatic rings. The first-order valence-corrected chi connectivity index (χ1v) is 9.42. The van der Waals surface area contributed by atoms with Crippen molar-refractivity contribution < 1.29 is 23.0 Å². The van der Waals surface area contributed by atoms with Crippen molar-refractivity contribution >= 4 is 23.1 Å². The highest BCUT2D eigenvalue weighted by atomic mass is 19.1. The van der Waals surface area contributed by atoms with Crippen molar-refractivity contribution in [3.63, 3.8) is 0 Å². The van der Waals surface area contributed by atoms with Crippen LogP contribution in [0.4, 0.5) is 26.0 Å². The van der Waals surface area contributed by atoms with Crippen LogP contribution in [-0.2, 0) is 11.3 Å². The normalized spacial score (nSPS) is 10.5. The number of ether oxygens (including phenoxy) is 2. The summed E-state index contributed by atoms with van der Waals surface area (Å²) < 4.78 is 37.3. The number of hydrogen-bond acceptors (Lipinski definition) is 6. The SMILES string of the molecule is COCCOc1ccc(Nc2cc(NCc3cc(F)cc(F)c3)c(C(N)=O)cn2)cc1. The van der Waals surface area contributed by atoms with Crippen LogP contribution in [0.25, 0.3) is 0 Å². The van der Waals surface area contributed by atoms with E-state index in [0.29, 0.717) is 36.0 Å². The van der Waals surface area contributed by atoms with Crippen LogP contribution in [0.5, 0.6) is 5.75 Å². The third-order valence-corrected chi connectivity index (χ3v) is 4.26. The molecule has 0 aliphatic carbocycles. The van der Waals surface area contributed by atoms with Crippen molar-refractivity contribution in [2.75, 3.05) is 31.0 Å². The van der Waals surface area contributed by atoms with Gasteiger partial charge in [-0.05, 0) is 42.0 Å². The summed E-state index contributed by atoms with van der Waals surface area (Å²) in [6.07, 6.45) is 1.33. The van der Waals surface area contributed by atoms with Crippen LogP contribution in [0, 0.1) is 11.6 Å². The highest BCUT2D eigenvalue weighted by Gasteiger charge is 2.11. The second-order valence-electron chi connectivity index (χ2n) is 6.60. The number of carbonyl (C=O) groups excluding carboxylic acids is 1. The second-order valence-corrected chi connectivity index (χ2v) is 6.60. The molecule has 0 radical (unpaired) electrons. The van der Waals surface area contributed by atoms with Gasteiger partial charge in [0.05, 0.1) is 17.9 Å². The molecule has 2 aromatic carbocycles. The maximum absolute atomic E-state index is 13.4. The van der Waals surface area contributed by atoms with Gasteiger partial charge in [-0.1, -0.05) is 0 Å². The first kappa shape index (κ1) is 22.0. The van der Waals surface area contributed by atoms with Gasteiger partial charge in [0.15, 0.2) is 0 Å². The maximum atomic E-state index is 13.4. The predicted molar refractivity (Wildman–Crippen MR) is 114 cm³/mol. The molecule has 0 spiro atoms. The Morgan fingerprint density at radius 1 is 1.06 bits per heavy atom. The number of rotatable bonds is 10. The van der Waals surface area contributed by atoms with E-state index in [2.05, 4.69) is 15.6 Å². The molecule has 7 nitrogen and oxygen atoms in total. The van der Waals surface area contributed by atoms with E-state index in [1.165, 1.54) is 18.3 Å². The van der Waals surface area contributed by atoms with E-state index < -0.39 is 17.5 Å². The number of benzene rings is 2. The molecule has 0 atom stereocenters. The lowest BCUT2D eigenvalue weighted by Gasteiger charge is -2.13. The number of hydrogen-bond donors (Lipinski definition) is 3. The zero-order valence-corrected chi connectivity index (χ0v) is 16.8. The largest absolute Gasteiger partial charge is 0.491 e. The quantitative estimate of drug-likeness (QED) is 0.425. The van der Waals surface area contributed by atoms with Gasteiger partial charge in [-0.15, -0.1) is 0 Å². The molecule has 0 bridgehead atoms. The molecule has 9 heteroatoms. The average molecular weight is 428 g/mol. The van der Waals surface area contributed by atoms with Crippen LogP contribution in [0.15, 0.2) is 54.7 Å². The highest BCUT2D eigenvalue weighted by molar-refractivity contribution is 5.98. The topological polar surface area (TPSA) is 98.5 Å². The first-order valence-electron chi connectivity index (χ1n) is 9.42. The minimum Gasteiger partial charge on any atom is -0.491 e. The van der Waals surface area contributed by atoms with E-state index in [9.17, 15) is 13.6 Å². The van der Waals surface area contributed by atoms with Crippen LogP contribution in [0.2, 0.25) is 0 Å². The molecule has 0 fully saturated rings. The first-order chi connectivity index (χ1) is 14.9. The van der Waals surface area contributed by atoms with Gasteiger partial charge in [0.2, 0.25) is 0 Å². The number of nitrogens with one attached hydrogen (secondary N) is 2. The zero-order chi connectivity index (χ0) is 22.2. The minimum absolute atomic E-state index is 0.0892. The van der Waals surface area contributed by atoms with Crippen molar-refractivity contribution in [3.05, 3.63) is 77.5 Å². The highest BCUT2D eigenvalue weighted by Crippen LogP contribution is 2.24. The van der Waals surface area contributed by atoms with Crippen molar-refractivity contribution in [3.8, 4) is 5.75 Å². The summed E-state index contributed by atoms with van der Waals surface area (Å²) in [7, 11) is 1.60. The van der Waals surface area contributed by atoms with Crippen LogP contribution < -0.4 is 21.1 Å². The maximum Gasteiger partial charge on any atom is 0.252 e. The van der Waals surface area contributed by atoms with Gasteiger partial charge < -0.3 is 25.8 Å². The lowest BCUT2D eigenvalue weighted by atomic mass is 10.1. The summed E-state index contributed by atoms with van der Waals surface area (Å²) in [6.45, 7) is 1.03. The fourth-order valence-electron chi connectivity index (χ4n) is 2.80. The van der Waals surface area contributed by atoms with E-state index >= 15 is 0 Å². The molecule has 162 valence electrons. The third-order valence-electron chi connectivity index (χ3n) is 4.26. The fraction of sp³-hybridized carbons (Fsp3) is 0.182. The molecule has 0 saturated carbocycles. The van der Waals surface area contributed by atoms with Gasteiger partial charge in [-0.25, -0.2) is 13.8 Å². The Morgan fingerprint density at radius 2 is 1.77 bits per heavy atom. The molecule has 3 aromatic rings. The second kappa shape index (κ2) is 10.4. The van der Waals surface area contributed by atoms with Gasteiger partial charge in [0.1, 0.15) is 29.8 Å². The molecule has 0 unspecified atom stereocenters. The Labute approximate surface area is 178 Å². The number of nitrogens with zero attached hydrogens (tertiary/aromatic N) is 1. The van der Waals surface area contributed by atoms with Crippen LogP contribution in [-0.4, -0.2) is 31.2 Å². The summed E-state index contributed by atoms with van der Waals surface area (Å²) in [5, 5.41) is 6.10. The Bertz CT molecular complexity index is 1030. The number of carbonyl (C=O) groups is 1. The Kier molecular flexibility index (Phi) is 7.34. The summed E-state index contributed by atoms with van der Waals surface area (Å²) in [4.78, 5) is 15.9. The van der Waals surface area contributed by atoms with E-state index in [1.807, 2.05) is 12.1 Å². The van der Waals surface area contributed by atoms with Crippen LogP contribution >= 0.6 is 0 Å². The number of nitrogens with two attached hydrogens (primary N) is 1. The summed E-state index contributed by atoms with van der Waals surface area (Å²) >= 11 is 0. The minimum atomic E-state index is -0.682. The number of aromatic nitrogens is 1. The zero-order valence-electron chi connectivity index (χ0n) is 16.8. The van der Waals surface area contributed by atoms with Crippen LogP contribution in [0.3, 0.4) is 0 Å². The molecule has 0 saturated heterocycles. The van der Waals surface area contributed by atoms with E-state index in [-0.39, 0.29) is 12.1 Å². The number of amides is 1. The molecule has 1 amide bonds. The lowest BCUT2D eigenvalue weighted by molar-refractivity contribution is 0.100. The van der Waals surface area contributed by atoms with E-state index in [4.69, 9.17) is 15.2 Å². The Hall–Kier alpha value is -3.72. The van der Waals surface area contributed by atoms with Crippen molar-refractivity contribution in [1.82, 2.24) is 4.98 Å². The van der Waals surface area contributed by atoms with Gasteiger partial charge >= 0.3 is 0 Å². The summed E-state index contributed by atoms with van der Waals surface area (Å²) in [6, 6.07) is 12.0. The molecule has 1 aromatic heterocycles. The molecule has 0 aliphatic heterocycles. The van der Waals surface area contributed by atoms with Gasteiger partial charge in [0.25, 0.3) is 5.91 Å². The molecule has 31 heavy (non-hydrogen) atoms. The molecule has 4 N–H and O–H groups in total. The van der Waals surface area contributed by atoms with E-state index in [0.717, 1.165) is 11.8 Å². The third kappa shape index (κ3) is 6.38. The summed E-state index contributed by atoms with van der Waals surface area (Å²) in [5.41, 5.74) is 7.08. The monoisotopic (exact) mass is 428 g/mol. The predicted octanol–water partition coefficient (Wildman–Crippen LogP) is 3.84. The number of methoxy groups -OCH3 is 1. The number of primary amides is 1. The number of halogens is 2. The fourth-order valence-corrected chi connectivity index (χ4v) is 2.80.